The molecule has 0 unspecified atom stereocenters. The highest BCUT2D eigenvalue weighted by molar-refractivity contribution is 5.19. The molecule has 5 nitrogen and oxygen atoms in total. The SMILES string of the molecule is C=C=C[C@H]1O[C@H](C)[C@H](O)[C@H](O)[C@H]1Oc1cccc(C(F)(F)F)n1. The molecule has 0 saturated carbocycles. The van der Waals surface area contributed by atoms with Crippen LogP contribution in [-0.2, 0) is 10.9 Å². The summed E-state index contributed by atoms with van der Waals surface area (Å²) >= 11 is 0. The van der Waals surface area contributed by atoms with Crippen molar-refractivity contribution in [1.82, 2.24) is 4.98 Å². The van der Waals surface area contributed by atoms with Gasteiger partial charge in [-0.1, -0.05) is 12.6 Å². The van der Waals surface area contributed by atoms with Crippen LogP contribution in [-0.4, -0.2) is 45.7 Å². The van der Waals surface area contributed by atoms with Crippen molar-refractivity contribution in [3.05, 3.63) is 42.3 Å². The first-order valence-corrected chi connectivity index (χ1v) is 6.82. The number of halogens is 3. The third kappa shape index (κ3) is 3.92. The van der Waals surface area contributed by atoms with E-state index in [0.717, 1.165) is 12.1 Å². The summed E-state index contributed by atoms with van der Waals surface area (Å²) in [5.41, 5.74) is 1.35. The van der Waals surface area contributed by atoms with E-state index in [1.807, 2.05) is 0 Å². The van der Waals surface area contributed by atoms with Gasteiger partial charge in [0.2, 0.25) is 5.88 Å². The summed E-state index contributed by atoms with van der Waals surface area (Å²) in [6.45, 7) is 4.94. The summed E-state index contributed by atoms with van der Waals surface area (Å²) in [7, 11) is 0. The smallest absolute Gasteiger partial charge is 0.433 e. The Balaban J connectivity index is 2.27. The Bertz CT molecular complexity index is 601. The van der Waals surface area contributed by atoms with Gasteiger partial charge in [-0.2, -0.15) is 13.2 Å². The van der Waals surface area contributed by atoms with Crippen LogP contribution < -0.4 is 4.74 Å². The van der Waals surface area contributed by atoms with E-state index < -0.39 is 42.4 Å². The van der Waals surface area contributed by atoms with Crippen LogP contribution in [0.4, 0.5) is 13.2 Å². The largest absolute Gasteiger partial charge is 0.468 e. The molecule has 0 amide bonds. The molecule has 1 aliphatic rings. The molecule has 0 radical (unpaired) electrons. The van der Waals surface area contributed by atoms with Gasteiger partial charge >= 0.3 is 6.18 Å². The fraction of sp³-hybridized carbons (Fsp3) is 0.467. The summed E-state index contributed by atoms with van der Waals surface area (Å²) in [6, 6.07) is 3.17. The highest BCUT2D eigenvalue weighted by Crippen LogP contribution is 2.30. The monoisotopic (exact) mass is 331 g/mol. The average molecular weight is 331 g/mol. The van der Waals surface area contributed by atoms with E-state index in [2.05, 4.69) is 17.3 Å². The molecule has 0 aliphatic carbocycles. The lowest BCUT2D eigenvalue weighted by Crippen LogP contribution is -2.58. The number of ether oxygens (including phenoxy) is 2. The molecule has 0 spiro atoms. The van der Waals surface area contributed by atoms with Gasteiger partial charge in [0, 0.05) is 6.07 Å². The summed E-state index contributed by atoms with van der Waals surface area (Å²) in [4.78, 5) is 3.37. The molecule has 126 valence electrons. The first-order chi connectivity index (χ1) is 10.7. The van der Waals surface area contributed by atoms with Crippen molar-refractivity contribution >= 4 is 0 Å². The molecule has 2 rings (SSSR count). The number of nitrogens with zero attached hydrogens (tertiary/aromatic N) is 1. The van der Waals surface area contributed by atoms with E-state index in [9.17, 15) is 23.4 Å². The molecule has 1 fully saturated rings. The van der Waals surface area contributed by atoms with Crippen molar-refractivity contribution in [2.24, 2.45) is 0 Å². The Labute approximate surface area is 130 Å². The number of aromatic nitrogens is 1. The van der Waals surface area contributed by atoms with Crippen LogP contribution in [0.3, 0.4) is 0 Å². The molecule has 8 heteroatoms. The van der Waals surface area contributed by atoms with E-state index in [1.165, 1.54) is 12.1 Å². The summed E-state index contributed by atoms with van der Waals surface area (Å²) in [6.07, 6.45) is -8.54. The first kappa shape index (κ1) is 17.5. The van der Waals surface area contributed by atoms with Gasteiger partial charge in [0.05, 0.1) is 6.10 Å². The molecular formula is C15H16F3NO4. The van der Waals surface area contributed by atoms with Crippen molar-refractivity contribution in [3.63, 3.8) is 0 Å². The highest BCUT2D eigenvalue weighted by atomic mass is 19.4. The Morgan fingerprint density at radius 2 is 2.04 bits per heavy atom. The predicted molar refractivity (Wildman–Crippen MR) is 73.7 cm³/mol. The number of aliphatic hydroxyl groups excluding tert-OH is 2. The van der Waals surface area contributed by atoms with Crippen molar-refractivity contribution in [1.29, 1.82) is 0 Å². The summed E-state index contributed by atoms with van der Waals surface area (Å²) < 4.78 is 48.8. The molecule has 5 atom stereocenters. The van der Waals surface area contributed by atoms with Crippen LogP contribution >= 0.6 is 0 Å². The van der Waals surface area contributed by atoms with Gasteiger partial charge in [-0.3, -0.25) is 0 Å². The Morgan fingerprint density at radius 1 is 1.35 bits per heavy atom. The van der Waals surface area contributed by atoms with Crippen LogP contribution in [0.1, 0.15) is 12.6 Å². The lowest BCUT2D eigenvalue weighted by atomic mass is 9.95. The topological polar surface area (TPSA) is 71.8 Å². The summed E-state index contributed by atoms with van der Waals surface area (Å²) in [5.74, 6) is -0.336. The zero-order valence-electron chi connectivity index (χ0n) is 12.2. The van der Waals surface area contributed by atoms with Gasteiger partial charge < -0.3 is 19.7 Å². The molecule has 1 aromatic rings. The van der Waals surface area contributed by atoms with E-state index in [4.69, 9.17) is 9.47 Å². The van der Waals surface area contributed by atoms with Crippen molar-refractivity contribution < 1.29 is 32.9 Å². The van der Waals surface area contributed by atoms with Crippen LogP contribution in [0.25, 0.3) is 0 Å². The van der Waals surface area contributed by atoms with Crippen molar-refractivity contribution in [3.8, 4) is 5.88 Å². The lowest BCUT2D eigenvalue weighted by molar-refractivity contribution is -0.197. The van der Waals surface area contributed by atoms with Gasteiger partial charge in [-0.25, -0.2) is 4.98 Å². The van der Waals surface area contributed by atoms with Crippen molar-refractivity contribution in [2.75, 3.05) is 0 Å². The van der Waals surface area contributed by atoms with E-state index in [1.54, 1.807) is 6.92 Å². The second-order valence-electron chi connectivity index (χ2n) is 5.10. The van der Waals surface area contributed by atoms with Gasteiger partial charge in [0.1, 0.15) is 24.0 Å². The van der Waals surface area contributed by atoms with E-state index in [0.29, 0.717) is 0 Å². The Morgan fingerprint density at radius 3 is 2.65 bits per heavy atom. The number of pyridine rings is 1. The molecule has 1 saturated heterocycles. The van der Waals surface area contributed by atoms with Crippen LogP contribution in [0.15, 0.2) is 36.6 Å². The predicted octanol–water partition coefficient (Wildman–Crippen LogP) is 1.70. The molecule has 1 aromatic heterocycles. The second kappa shape index (κ2) is 6.72. The minimum Gasteiger partial charge on any atom is -0.468 e. The number of aliphatic hydroxyl groups is 2. The molecule has 1 aliphatic heterocycles. The van der Waals surface area contributed by atoms with Crippen LogP contribution in [0.5, 0.6) is 5.88 Å². The molecule has 0 aromatic carbocycles. The number of hydrogen-bond donors (Lipinski definition) is 2. The van der Waals surface area contributed by atoms with Gasteiger partial charge in [-0.15, -0.1) is 5.73 Å². The quantitative estimate of drug-likeness (QED) is 0.825. The first-order valence-electron chi connectivity index (χ1n) is 6.82. The molecular weight excluding hydrogens is 315 g/mol. The Kier molecular flexibility index (Phi) is 5.11. The maximum absolute atomic E-state index is 12.7. The lowest BCUT2D eigenvalue weighted by Gasteiger charge is -2.40. The normalized spacial score (nSPS) is 31.3. The number of alkyl halides is 3. The van der Waals surface area contributed by atoms with Crippen molar-refractivity contribution in [2.45, 2.75) is 43.6 Å². The standard InChI is InChI=1S/C15H16F3NO4/c1-3-5-9-14(13(21)12(20)8(2)22-9)23-11-7-4-6-10(19-11)15(16,17)18/h4-9,12-14,20-21H,1H2,2H3/t8-,9-,12+,13+,14+/m1/s1. The zero-order valence-corrected chi connectivity index (χ0v) is 12.2. The van der Waals surface area contributed by atoms with Gasteiger partial charge in [-0.05, 0) is 19.1 Å². The second-order valence-corrected chi connectivity index (χ2v) is 5.10. The zero-order chi connectivity index (χ0) is 17.2. The Hall–Kier alpha value is -1.86. The maximum atomic E-state index is 12.7. The van der Waals surface area contributed by atoms with Gasteiger partial charge in [0.25, 0.3) is 0 Å². The average Bonchev–Trinajstić information content (AvgIpc) is 2.49. The molecule has 2 heterocycles. The molecule has 2 N–H and O–H groups in total. The third-order valence-corrected chi connectivity index (χ3v) is 3.42. The highest BCUT2D eigenvalue weighted by Gasteiger charge is 2.43. The fourth-order valence-electron chi connectivity index (χ4n) is 2.24. The third-order valence-electron chi connectivity index (χ3n) is 3.42. The summed E-state index contributed by atoms with van der Waals surface area (Å²) in [5, 5.41) is 20.0. The molecule has 23 heavy (non-hydrogen) atoms. The number of rotatable bonds is 3. The minimum absolute atomic E-state index is 0.336. The maximum Gasteiger partial charge on any atom is 0.433 e. The van der Waals surface area contributed by atoms with Crippen LogP contribution in [0, 0.1) is 0 Å². The minimum atomic E-state index is -4.62. The number of hydrogen-bond acceptors (Lipinski definition) is 5. The molecule has 0 bridgehead atoms. The van der Waals surface area contributed by atoms with E-state index >= 15 is 0 Å². The van der Waals surface area contributed by atoms with Crippen LogP contribution in [0.2, 0.25) is 0 Å². The van der Waals surface area contributed by atoms with Gasteiger partial charge in [0.15, 0.2) is 6.10 Å². The van der Waals surface area contributed by atoms with E-state index in [-0.39, 0.29) is 5.88 Å². The fourth-order valence-corrected chi connectivity index (χ4v) is 2.24.